The predicted molar refractivity (Wildman–Crippen MR) is 164 cm³/mol. The highest BCUT2D eigenvalue weighted by Gasteiger charge is 2.53. The number of hydrogen-bond acceptors (Lipinski definition) is 8. The summed E-state index contributed by atoms with van der Waals surface area (Å²) in [7, 11) is 0. The minimum absolute atomic E-state index is 0.0335. The number of carbonyl (C=O) groups excluding carboxylic acids is 2. The molecule has 1 amide bonds. The smallest absolute Gasteiger partial charge is 0.340 e. The van der Waals surface area contributed by atoms with Gasteiger partial charge in [-0.2, -0.15) is 0 Å². The molecular formula is C34H25ClN4O6. The summed E-state index contributed by atoms with van der Waals surface area (Å²) in [6.45, 7) is 0.806. The first kappa shape index (κ1) is 27.2. The molecule has 1 aromatic heterocycles. The lowest BCUT2D eigenvalue weighted by molar-refractivity contribution is 0.0224. The van der Waals surface area contributed by atoms with E-state index in [2.05, 4.69) is 20.1 Å². The molecule has 0 atom stereocenters. The van der Waals surface area contributed by atoms with Gasteiger partial charge in [0.2, 0.25) is 0 Å². The normalized spacial score (nSPS) is 15.6. The highest BCUT2D eigenvalue weighted by molar-refractivity contribution is 6.33. The first-order valence-electron chi connectivity index (χ1n) is 14.6. The summed E-state index contributed by atoms with van der Waals surface area (Å²) in [6, 6.07) is 19.1. The maximum absolute atomic E-state index is 13.5. The van der Waals surface area contributed by atoms with Crippen LogP contribution < -0.4 is 10.1 Å². The van der Waals surface area contributed by atoms with Gasteiger partial charge in [0, 0.05) is 58.6 Å². The fraction of sp³-hybridized carbons (Fsp3) is 0.176. The van der Waals surface area contributed by atoms with E-state index in [1.54, 1.807) is 42.5 Å². The van der Waals surface area contributed by atoms with Gasteiger partial charge in [0.1, 0.15) is 28.8 Å². The van der Waals surface area contributed by atoms with Crippen molar-refractivity contribution in [1.29, 1.82) is 0 Å². The summed E-state index contributed by atoms with van der Waals surface area (Å²) in [5, 5.41) is 32.5. The van der Waals surface area contributed by atoms with Gasteiger partial charge < -0.3 is 29.6 Å². The Kier molecular flexibility index (Phi) is 6.11. The van der Waals surface area contributed by atoms with Crippen molar-refractivity contribution >= 4 is 29.2 Å². The Morgan fingerprint density at radius 3 is 2.33 bits per heavy atom. The molecule has 4 heterocycles. The first-order valence-corrected chi connectivity index (χ1v) is 15.0. The summed E-state index contributed by atoms with van der Waals surface area (Å²) in [4.78, 5) is 27.0. The highest BCUT2D eigenvalue weighted by atomic mass is 35.5. The Hall–Kier alpha value is -5.35. The van der Waals surface area contributed by atoms with E-state index < -0.39 is 17.5 Å². The van der Waals surface area contributed by atoms with Crippen molar-refractivity contribution in [2.45, 2.75) is 37.8 Å². The molecule has 11 heteroatoms. The lowest BCUT2D eigenvalue weighted by Crippen LogP contribution is -2.32. The molecule has 45 heavy (non-hydrogen) atoms. The van der Waals surface area contributed by atoms with Crippen molar-refractivity contribution in [3.63, 3.8) is 0 Å². The molecule has 0 unspecified atom stereocenters. The van der Waals surface area contributed by atoms with Crippen LogP contribution in [0.15, 0.2) is 72.8 Å². The van der Waals surface area contributed by atoms with Gasteiger partial charge in [-0.3, -0.25) is 4.79 Å². The second kappa shape index (κ2) is 10.1. The monoisotopic (exact) mass is 620 g/mol. The van der Waals surface area contributed by atoms with Crippen molar-refractivity contribution in [1.82, 2.24) is 14.8 Å². The number of halogens is 1. The number of phenolic OH excluding ortho intramolecular Hbond substituents is 2. The zero-order valence-electron chi connectivity index (χ0n) is 23.7. The third-order valence-electron chi connectivity index (χ3n) is 8.61. The summed E-state index contributed by atoms with van der Waals surface area (Å²) in [6.07, 6.45) is 4.08. The van der Waals surface area contributed by atoms with Gasteiger partial charge in [-0.1, -0.05) is 24.1 Å². The van der Waals surface area contributed by atoms with E-state index in [1.165, 1.54) is 30.3 Å². The molecule has 0 aliphatic carbocycles. The molecule has 10 nitrogen and oxygen atoms in total. The largest absolute Gasteiger partial charge is 0.508 e. The van der Waals surface area contributed by atoms with E-state index in [9.17, 15) is 19.8 Å². The lowest BCUT2D eigenvalue weighted by Gasteiger charge is -2.36. The molecule has 0 fully saturated rings. The zero-order valence-corrected chi connectivity index (χ0v) is 24.5. The maximum Gasteiger partial charge on any atom is 0.340 e. The molecule has 0 saturated heterocycles. The van der Waals surface area contributed by atoms with Crippen LogP contribution in [0.3, 0.4) is 0 Å². The number of phenols is 2. The summed E-state index contributed by atoms with van der Waals surface area (Å²) in [5.41, 5.74) is 1.75. The highest BCUT2D eigenvalue weighted by Crippen LogP contribution is 2.57. The average Bonchev–Trinajstić information content (AvgIpc) is 3.45. The standard InChI is InChI=1S/C34H25ClN4O6/c35-27-12-6-19(15-23(27)31-38-37-30-4-2-1-3-13-39(30)31)36-32(42)18-5-9-24-22(14-18)33(43)45-34(24)25-10-7-20(40)16-28(25)44-29-17-21(41)8-11-26(29)34/h5-12,14-17,40-41H,1-4,13H2,(H,36,42). The van der Waals surface area contributed by atoms with Crippen molar-refractivity contribution in [3.8, 4) is 34.4 Å². The van der Waals surface area contributed by atoms with Crippen LogP contribution in [-0.4, -0.2) is 36.9 Å². The van der Waals surface area contributed by atoms with E-state index in [0.717, 1.165) is 38.1 Å². The zero-order chi connectivity index (χ0) is 30.9. The number of ether oxygens (including phenoxy) is 2. The van der Waals surface area contributed by atoms with Crippen LogP contribution in [0.25, 0.3) is 11.4 Å². The second-order valence-corrected chi connectivity index (χ2v) is 11.8. The van der Waals surface area contributed by atoms with Gasteiger partial charge in [-0.05, 0) is 67.4 Å². The van der Waals surface area contributed by atoms with Crippen LogP contribution in [0.4, 0.5) is 5.69 Å². The fourth-order valence-corrected chi connectivity index (χ4v) is 6.71. The van der Waals surface area contributed by atoms with E-state index in [0.29, 0.717) is 38.8 Å². The molecule has 4 aromatic carbocycles. The topological polar surface area (TPSA) is 136 Å². The molecule has 0 saturated carbocycles. The molecular weight excluding hydrogens is 596 g/mol. The van der Waals surface area contributed by atoms with Crippen LogP contribution in [0.1, 0.15) is 62.5 Å². The van der Waals surface area contributed by atoms with Crippen molar-refractivity contribution < 1.29 is 29.3 Å². The number of nitrogens with one attached hydrogen (secondary N) is 1. The van der Waals surface area contributed by atoms with E-state index in [1.807, 2.05) is 0 Å². The number of benzene rings is 4. The number of nitrogens with zero attached hydrogens (tertiary/aromatic N) is 3. The van der Waals surface area contributed by atoms with Crippen LogP contribution in [-0.2, 0) is 23.3 Å². The van der Waals surface area contributed by atoms with Gasteiger partial charge >= 0.3 is 5.97 Å². The number of esters is 1. The number of carbonyl (C=O) groups is 2. The number of hydrogen-bond donors (Lipinski definition) is 3. The minimum Gasteiger partial charge on any atom is -0.508 e. The number of rotatable bonds is 3. The van der Waals surface area contributed by atoms with Gasteiger partial charge in [0.05, 0.1) is 10.6 Å². The Balaban J connectivity index is 1.15. The van der Waals surface area contributed by atoms with Crippen molar-refractivity contribution in [2.24, 2.45) is 0 Å². The predicted octanol–water partition coefficient (Wildman–Crippen LogP) is 6.56. The van der Waals surface area contributed by atoms with Crippen LogP contribution in [0.5, 0.6) is 23.0 Å². The summed E-state index contributed by atoms with van der Waals surface area (Å²) in [5.74, 6) is 1.03. The Morgan fingerprint density at radius 2 is 1.58 bits per heavy atom. The number of aryl methyl sites for hydroxylation is 1. The minimum atomic E-state index is -1.41. The van der Waals surface area contributed by atoms with Crippen LogP contribution in [0.2, 0.25) is 5.02 Å². The molecule has 0 radical (unpaired) electrons. The van der Waals surface area contributed by atoms with Gasteiger partial charge in [-0.25, -0.2) is 4.79 Å². The van der Waals surface area contributed by atoms with Crippen LogP contribution in [0, 0.1) is 0 Å². The van der Waals surface area contributed by atoms with E-state index >= 15 is 0 Å². The van der Waals surface area contributed by atoms with Crippen molar-refractivity contribution in [2.75, 3.05) is 5.32 Å². The van der Waals surface area contributed by atoms with Gasteiger partial charge in [-0.15, -0.1) is 10.2 Å². The van der Waals surface area contributed by atoms with E-state index in [-0.39, 0.29) is 34.1 Å². The molecule has 3 aliphatic rings. The Labute approximate surface area is 261 Å². The molecule has 5 aromatic rings. The SMILES string of the molecule is O=C(Nc1ccc(Cl)c(-c2nnc3n2CCCCC3)c1)c1ccc2c(c1)C(=O)OC21c2ccc(O)cc2Oc2cc(O)ccc21. The second-order valence-electron chi connectivity index (χ2n) is 11.3. The van der Waals surface area contributed by atoms with Crippen LogP contribution >= 0.6 is 11.6 Å². The van der Waals surface area contributed by atoms with E-state index in [4.69, 9.17) is 21.1 Å². The van der Waals surface area contributed by atoms with Gasteiger partial charge in [0.25, 0.3) is 5.91 Å². The number of fused-ring (bicyclic) bond motifs is 7. The first-order chi connectivity index (χ1) is 21.8. The summed E-state index contributed by atoms with van der Waals surface area (Å²) < 4.78 is 14.2. The molecule has 1 spiro atoms. The third kappa shape index (κ3) is 4.24. The maximum atomic E-state index is 13.5. The number of anilines is 1. The Morgan fingerprint density at radius 1 is 0.844 bits per heavy atom. The number of amides is 1. The fourth-order valence-electron chi connectivity index (χ4n) is 6.51. The molecule has 224 valence electrons. The average molecular weight is 621 g/mol. The van der Waals surface area contributed by atoms with Gasteiger partial charge in [0.15, 0.2) is 11.4 Å². The van der Waals surface area contributed by atoms with Crippen molar-refractivity contribution in [3.05, 3.63) is 111 Å². The lowest BCUT2D eigenvalue weighted by atomic mass is 9.77. The Bertz CT molecular complexity index is 2020. The molecule has 8 rings (SSSR count). The molecule has 3 aliphatic heterocycles. The molecule has 3 N–H and O–H groups in total. The summed E-state index contributed by atoms with van der Waals surface area (Å²) >= 11 is 6.58. The number of aromatic hydroxyl groups is 2. The number of aromatic nitrogens is 3. The quantitative estimate of drug-likeness (QED) is 0.193. The third-order valence-corrected chi connectivity index (χ3v) is 8.94. The molecule has 0 bridgehead atoms.